The van der Waals surface area contributed by atoms with Gasteiger partial charge in [-0.15, -0.1) is 0 Å². The normalized spacial score (nSPS) is 20.6. The van der Waals surface area contributed by atoms with Crippen molar-refractivity contribution in [2.45, 2.75) is 24.0 Å². The molecular weight excluding hydrogens is 340 g/mol. The van der Waals surface area contributed by atoms with Gasteiger partial charge in [0.15, 0.2) is 5.72 Å². The second kappa shape index (κ2) is 7.53. The first kappa shape index (κ1) is 21.0. The molecule has 0 radical (unpaired) electrons. The van der Waals surface area contributed by atoms with Crippen molar-refractivity contribution in [3.05, 3.63) is 0 Å². The average Bonchev–Trinajstić information content (AvgIpc) is 2.30. The molecule has 0 heterocycles. The minimum atomic E-state index is -5.01. The van der Waals surface area contributed by atoms with Crippen molar-refractivity contribution in [1.82, 2.24) is 0 Å². The van der Waals surface area contributed by atoms with E-state index < -0.39 is 52.9 Å². The highest BCUT2D eigenvalue weighted by atomic mass is 31.2. The van der Waals surface area contributed by atoms with Crippen LogP contribution in [0.5, 0.6) is 0 Å². The zero-order valence-electron chi connectivity index (χ0n) is 10.3. The van der Waals surface area contributed by atoms with E-state index in [4.69, 9.17) is 25.3 Å². The first-order chi connectivity index (χ1) is 9.16. The van der Waals surface area contributed by atoms with Gasteiger partial charge in [-0.2, -0.15) is 0 Å². The second-order valence-electron chi connectivity index (χ2n) is 4.04. The smallest absolute Gasteiger partial charge is 0.388 e. The molecule has 21 heavy (non-hydrogen) atoms. The number of nitrogens with two attached hydrogens (primary N) is 1. The summed E-state index contributed by atoms with van der Waals surface area (Å²) in [5.74, 6) is 0. The summed E-state index contributed by atoms with van der Waals surface area (Å²) >= 11 is 0. The molecule has 0 fully saturated rings. The topological polar surface area (TPSA) is 240 Å². The van der Waals surface area contributed by atoms with E-state index in [0.717, 1.165) is 0 Å². The molecule has 0 amide bonds. The second-order valence-corrected chi connectivity index (χ2v) is 6.52. The molecule has 0 unspecified atom stereocenters. The lowest BCUT2D eigenvalue weighted by atomic mass is 9.99. The minimum Gasteiger partial charge on any atom is -0.388 e. The van der Waals surface area contributed by atoms with Crippen LogP contribution in [-0.2, 0) is 18.2 Å². The summed E-state index contributed by atoms with van der Waals surface area (Å²) in [5.41, 5.74) is 2.19. The van der Waals surface area contributed by atoms with Crippen LogP contribution in [0.15, 0.2) is 0 Å². The van der Waals surface area contributed by atoms with Gasteiger partial charge in [-0.25, -0.2) is 9.13 Å². The van der Waals surface area contributed by atoms with Crippen LogP contribution in [0, 0.1) is 0 Å². The van der Waals surface area contributed by atoms with Crippen molar-refractivity contribution in [3.8, 4) is 0 Å². The van der Waals surface area contributed by atoms with Crippen molar-refractivity contribution >= 4 is 15.6 Å². The Balaban J connectivity index is 4.62. The number of hydrogen-bond acceptors (Lipinski definition) is 9. The molecule has 0 saturated heterocycles. The van der Waals surface area contributed by atoms with E-state index >= 15 is 0 Å². The largest absolute Gasteiger partial charge is 0.469 e. The molecule has 15 heteroatoms. The lowest BCUT2D eigenvalue weighted by molar-refractivity contribution is -0.167. The molecular formula is C6H17NO12P2. The van der Waals surface area contributed by atoms with Crippen LogP contribution in [0.4, 0.5) is 0 Å². The van der Waals surface area contributed by atoms with E-state index in [-0.39, 0.29) is 0 Å². The highest BCUT2D eigenvalue weighted by Crippen LogP contribution is 2.37. The average molecular weight is 357 g/mol. The lowest BCUT2D eigenvalue weighted by Crippen LogP contribution is -2.61. The fraction of sp³-hybridized carbons (Fsp3) is 1.00. The third kappa shape index (κ3) is 8.90. The number of aliphatic hydroxyl groups excluding tert-OH is 3. The van der Waals surface area contributed by atoms with Crippen LogP contribution in [0.3, 0.4) is 0 Å². The van der Waals surface area contributed by atoms with Crippen LogP contribution in [0.25, 0.3) is 0 Å². The number of hydrogen-bond donors (Lipinski definition) is 9. The first-order valence-electron chi connectivity index (χ1n) is 5.11. The van der Waals surface area contributed by atoms with E-state index in [1.54, 1.807) is 0 Å². The summed E-state index contributed by atoms with van der Waals surface area (Å²) in [4.78, 5) is 33.6. The summed E-state index contributed by atoms with van der Waals surface area (Å²) in [6.45, 7) is -2.42. The quantitative estimate of drug-likeness (QED) is 0.141. The fourth-order valence-corrected chi connectivity index (χ4v) is 1.77. The van der Waals surface area contributed by atoms with E-state index in [1.165, 1.54) is 0 Å². The molecule has 0 aliphatic rings. The summed E-state index contributed by atoms with van der Waals surface area (Å²) in [6.07, 6.45) is -6.70. The van der Waals surface area contributed by atoms with Gasteiger partial charge in [0.1, 0.15) is 24.9 Å². The Morgan fingerprint density at radius 2 is 1.43 bits per heavy atom. The van der Waals surface area contributed by atoms with Crippen LogP contribution in [0.2, 0.25) is 0 Å². The van der Waals surface area contributed by atoms with Crippen molar-refractivity contribution in [2.24, 2.45) is 5.73 Å². The molecule has 4 atom stereocenters. The van der Waals surface area contributed by atoms with Gasteiger partial charge >= 0.3 is 15.6 Å². The van der Waals surface area contributed by atoms with Crippen LogP contribution in [-0.4, -0.2) is 77.3 Å². The molecule has 128 valence electrons. The van der Waals surface area contributed by atoms with Gasteiger partial charge in [-0.3, -0.25) is 14.8 Å². The molecule has 0 bridgehead atoms. The molecule has 0 rings (SSSR count). The summed E-state index contributed by atoms with van der Waals surface area (Å²) in [5, 5.41) is 37.7. The number of aliphatic hydroxyl groups is 4. The Morgan fingerprint density at radius 1 is 1.00 bits per heavy atom. The predicted octanol–water partition coefficient (Wildman–Crippen LogP) is -4.06. The lowest BCUT2D eigenvalue weighted by Gasteiger charge is -2.33. The number of phosphoric ester groups is 2. The van der Waals surface area contributed by atoms with E-state index in [2.05, 4.69) is 9.05 Å². The zero-order chi connectivity index (χ0) is 17.1. The maximum Gasteiger partial charge on any atom is 0.469 e. The van der Waals surface area contributed by atoms with Crippen molar-refractivity contribution in [3.63, 3.8) is 0 Å². The Hall–Kier alpha value is 0.0200. The van der Waals surface area contributed by atoms with Gasteiger partial charge in [-0.1, -0.05) is 0 Å². The third-order valence-electron chi connectivity index (χ3n) is 2.11. The molecule has 10 N–H and O–H groups in total. The summed E-state index contributed by atoms with van der Waals surface area (Å²) in [6, 6.07) is 0. The summed E-state index contributed by atoms with van der Waals surface area (Å²) in [7, 11) is -9.95. The summed E-state index contributed by atoms with van der Waals surface area (Å²) < 4.78 is 28.5. The van der Waals surface area contributed by atoms with Crippen molar-refractivity contribution < 1.29 is 58.2 Å². The number of rotatable bonds is 9. The van der Waals surface area contributed by atoms with Crippen molar-refractivity contribution in [2.75, 3.05) is 13.2 Å². The molecule has 0 aliphatic carbocycles. The van der Waals surface area contributed by atoms with Crippen molar-refractivity contribution in [1.29, 1.82) is 0 Å². The van der Waals surface area contributed by atoms with Crippen LogP contribution >= 0.6 is 15.6 Å². The zero-order valence-corrected chi connectivity index (χ0v) is 12.1. The Kier molecular flexibility index (Phi) is 7.53. The van der Waals surface area contributed by atoms with Crippen LogP contribution in [0.1, 0.15) is 0 Å². The van der Waals surface area contributed by atoms with E-state index in [1.807, 2.05) is 0 Å². The minimum absolute atomic E-state index is 1.11. The monoisotopic (exact) mass is 357 g/mol. The Labute approximate surface area is 118 Å². The maximum absolute atomic E-state index is 10.4. The third-order valence-corrected chi connectivity index (χ3v) is 3.06. The van der Waals surface area contributed by atoms with E-state index in [9.17, 15) is 29.6 Å². The molecule has 0 saturated carbocycles. The maximum atomic E-state index is 10.4. The molecule has 0 aromatic rings. The van der Waals surface area contributed by atoms with Gasteiger partial charge in [-0.05, 0) is 0 Å². The first-order valence-corrected chi connectivity index (χ1v) is 8.17. The predicted molar refractivity (Wildman–Crippen MR) is 63.1 cm³/mol. The van der Waals surface area contributed by atoms with Gasteiger partial charge < -0.3 is 40.0 Å². The highest BCUT2D eigenvalue weighted by molar-refractivity contribution is 7.46. The molecule has 0 aliphatic heterocycles. The Bertz CT molecular complexity index is 416. The highest BCUT2D eigenvalue weighted by Gasteiger charge is 2.41. The van der Waals surface area contributed by atoms with Gasteiger partial charge in [0, 0.05) is 0 Å². The van der Waals surface area contributed by atoms with E-state index in [0.29, 0.717) is 0 Å². The Morgan fingerprint density at radius 3 is 1.81 bits per heavy atom. The van der Waals surface area contributed by atoms with Gasteiger partial charge in [0.25, 0.3) is 0 Å². The molecule has 0 spiro atoms. The number of phosphoric acid groups is 2. The standard InChI is InChI=1S/C6H17NO12P2/c7-6(11,2-19-21(15,16)17)5(10)4(9)3(8)1-18-20(12,13)14/h3-5,8-11H,1-2,7H2,(H2,12,13,14)(H2,15,16,17)/t3-,4-,5-,6+/m0/s1. The van der Waals surface area contributed by atoms with Gasteiger partial charge in [0.05, 0.1) is 6.61 Å². The molecule has 0 aromatic carbocycles. The SMILES string of the molecule is N[C@@](O)(COP(=O)(O)O)[C@@H](O)[C@@H](O)[C@@H](O)COP(=O)(O)O. The fourth-order valence-electron chi connectivity index (χ4n) is 1.05. The molecule has 13 nitrogen and oxygen atoms in total. The van der Waals surface area contributed by atoms with Crippen LogP contribution < -0.4 is 5.73 Å². The molecule has 0 aromatic heterocycles. The van der Waals surface area contributed by atoms with Gasteiger partial charge in [0.2, 0.25) is 0 Å².